The fourth-order valence-corrected chi connectivity index (χ4v) is 2.06. The molecule has 1 N–H and O–H groups in total. The van der Waals surface area contributed by atoms with Crippen LogP contribution in [0.1, 0.15) is 24.9 Å². The van der Waals surface area contributed by atoms with Gasteiger partial charge in [-0.05, 0) is 18.9 Å². The molecule has 0 aliphatic carbocycles. The highest BCUT2D eigenvalue weighted by molar-refractivity contribution is 5.85. The molecule has 1 aliphatic rings. The van der Waals surface area contributed by atoms with E-state index in [0.29, 0.717) is 0 Å². The zero-order valence-corrected chi connectivity index (χ0v) is 9.98. The Hall–Kier alpha value is -1.06. The van der Waals surface area contributed by atoms with Gasteiger partial charge in [0.05, 0.1) is 0 Å². The summed E-state index contributed by atoms with van der Waals surface area (Å²) in [5.74, 6) is -0.705. The minimum atomic E-state index is -0.705. The number of carbonyl (C=O) groups is 1. The van der Waals surface area contributed by atoms with E-state index >= 15 is 0 Å². The van der Waals surface area contributed by atoms with Crippen LogP contribution in [0.2, 0.25) is 0 Å². The lowest BCUT2D eigenvalue weighted by Crippen LogP contribution is -2.53. The van der Waals surface area contributed by atoms with E-state index in [2.05, 4.69) is 6.92 Å². The zero-order valence-electron chi connectivity index (χ0n) is 9.17. The molecule has 1 heterocycles. The lowest BCUT2D eigenvalue weighted by atomic mass is 9.96. The number of likely N-dealkylation sites (tertiary alicyclic amines) is 1. The molecule has 1 aliphatic heterocycles. The minimum Gasteiger partial charge on any atom is -0.480 e. The Bertz CT molecular complexity index is 355. The Morgan fingerprint density at radius 3 is 2.50 bits per heavy atom. The van der Waals surface area contributed by atoms with Crippen LogP contribution in [-0.4, -0.2) is 28.6 Å². The van der Waals surface area contributed by atoms with Gasteiger partial charge in [0, 0.05) is 12.6 Å². The quantitative estimate of drug-likeness (QED) is 0.883. The van der Waals surface area contributed by atoms with E-state index in [1.54, 1.807) is 0 Å². The third kappa shape index (κ3) is 2.36. The van der Waals surface area contributed by atoms with Crippen LogP contribution in [0.3, 0.4) is 0 Å². The van der Waals surface area contributed by atoms with Crippen molar-refractivity contribution in [3.8, 4) is 0 Å². The Balaban J connectivity index is 0.00000128. The molecule has 1 fully saturated rings. The van der Waals surface area contributed by atoms with Crippen molar-refractivity contribution in [3.63, 3.8) is 0 Å². The van der Waals surface area contributed by atoms with Crippen LogP contribution in [0.5, 0.6) is 0 Å². The average molecular weight is 242 g/mol. The van der Waals surface area contributed by atoms with E-state index in [-0.39, 0.29) is 24.5 Å². The van der Waals surface area contributed by atoms with Crippen LogP contribution in [0.25, 0.3) is 0 Å². The molecule has 2 atom stereocenters. The highest BCUT2D eigenvalue weighted by atomic mass is 35.5. The second-order valence-corrected chi connectivity index (χ2v) is 3.97. The normalized spacial score (nSPS) is 21.7. The van der Waals surface area contributed by atoms with Crippen LogP contribution >= 0.6 is 12.4 Å². The van der Waals surface area contributed by atoms with Gasteiger partial charge in [-0.15, -0.1) is 12.4 Å². The first kappa shape index (κ1) is 13.0. The second-order valence-electron chi connectivity index (χ2n) is 3.97. The third-order valence-electron chi connectivity index (χ3n) is 3.13. The summed E-state index contributed by atoms with van der Waals surface area (Å²) in [6.45, 7) is 2.94. The minimum absolute atomic E-state index is 0. The van der Waals surface area contributed by atoms with E-state index in [4.69, 9.17) is 5.11 Å². The van der Waals surface area contributed by atoms with Crippen LogP contribution < -0.4 is 0 Å². The molecule has 0 spiro atoms. The summed E-state index contributed by atoms with van der Waals surface area (Å²) >= 11 is 0. The molecule has 0 aromatic heterocycles. The predicted octanol–water partition coefficient (Wildman–Crippen LogP) is 2.33. The van der Waals surface area contributed by atoms with Crippen molar-refractivity contribution in [3.05, 3.63) is 35.9 Å². The van der Waals surface area contributed by atoms with Crippen molar-refractivity contribution in [1.29, 1.82) is 0 Å². The van der Waals surface area contributed by atoms with E-state index in [1.807, 2.05) is 35.2 Å². The number of halogens is 1. The van der Waals surface area contributed by atoms with Crippen molar-refractivity contribution in [2.75, 3.05) is 6.54 Å². The number of rotatable bonds is 3. The van der Waals surface area contributed by atoms with Crippen LogP contribution in [0, 0.1) is 0 Å². The van der Waals surface area contributed by atoms with Crippen molar-refractivity contribution in [2.45, 2.75) is 25.4 Å². The Kier molecular flexibility index (Phi) is 4.33. The molecule has 4 heteroatoms. The smallest absolute Gasteiger partial charge is 0.320 e. The fraction of sp³-hybridized carbons (Fsp3) is 0.417. The second kappa shape index (κ2) is 5.32. The van der Waals surface area contributed by atoms with Crippen molar-refractivity contribution >= 4 is 18.4 Å². The number of aliphatic carboxylic acids is 1. The van der Waals surface area contributed by atoms with Gasteiger partial charge in [0.1, 0.15) is 6.04 Å². The third-order valence-corrected chi connectivity index (χ3v) is 3.13. The molecule has 1 aromatic rings. The molecule has 3 nitrogen and oxygen atoms in total. The summed E-state index contributed by atoms with van der Waals surface area (Å²) in [7, 11) is 0. The van der Waals surface area contributed by atoms with Gasteiger partial charge in [-0.25, -0.2) is 0 Å². The molecule has 1 aromatic carbocycles. The van der Waals surface area contributed by atoms with E-state index in [1.165, 1.54) is 5.56 Å². The van der Waals surface area contributed by atoms with Gasteiger partial charge < -0.3 is 5.11 Å². The van der Waals surface area contributed by atoms with Crippen molar-refractivity contribution in [1.82, 2.24) is 4.90 Å². The summed E-state index contributed by atoms with van der Waals surface area (Å²) in [6.07, 6.45) is 0.770. The van der Waals surface area contributed by atoms with Crippen LogP contribution in [-0.2, 0) is 4.79 Å². The largest absolute Gasteiger partial charge is 0.480 e. The van der Waals surface area contributed by atoms with Crippen LogP contribution in [0.15, 0.2) is 30.3 Å². The summed E-state index contributed by atoms with van der Waals surface area (Å²) in [5, 5.41) is 8.96. The van der Waals surface area contributed by atoms with E-state index in [0.717, 1.165) is 13.0 Å². The number of hydrogen-bond donors (Lipinski definition) is 1. The molecular weight excluding hydrogens is 226 g/mol. The molecule has 1 saturated heterocycles. The van der Waals surface area contributed by atoms with Gasteiger partial charge in [-0.2, -0.15) is 0 Å². The SMILES string of the molecule is CC(c1ccccc1)N1CCC1C(=O)O.Cl. The molecule has 2 unspecified atom stereocenters. The fourth-order valence-electron chi connectivity index (χ4n) is 2.06. The Morgan fingerprint density at radius 1 is 1.44 bits per heavy atom. The van der Waals surface area contributed by atoms with Gasteiger partial charge in [0.2, 0.25) is 0 Å². The Labute approximate surface area is 101 Å². The van der Waals surface area contributed by atoms with E-state index < -0.39 is 5.97 Å². The molecule has 0 bridgehead atoms. The van der Waals surface area contributed by atoms with Crippen LogP contribution in [0.4, 0.5) is 0 Å². The number of hydrogen-bond acceptors (Lipinski definition) is 2. The predicted molar refractivity (Wildman–Crippen MR) is 64.9 cm³/mol. The number of carboxylic acid groups (broad SMARTS) is 1. The molecule has 0 amide bonds. The monoisotopic (exact) mass is 241 g/mol. The molecule has 0 radical (unpaired) electrons. The Morgan fingerprint density at radius 2 is 2.06 bits per heavy atom. The van der Waals surface area contributed by atoms with E-state index in [9.17, 15) is 4.79 Å². The lowest BCUT2D eigenvalue weighted by Gasteiger charge is -2.42. The van der Waals surface area contributed by atoms with Gasteiger partial charge >= 0.3 is 5.97 Å². The van der Waals surface area contributed by atoms with Crippen molar-refractivity contribution < 1.29 is 9.90 Å². The van der Waals surface area contributed by atoms with Gasteiger partial charge in [0.15, 0.2) is 0 Å². The summed E-state index contributed by atoms with van der Waals surface area (Å²) in [4.78, 5) is 12.9. The maximum absolute atomic E-state index is 10.9. The van der Waals surface area contributed by atoms with Gasteiger partial charge in [-0.3, -0.25) is 9.69 Å². The summed E-state index contributed by atoms with van der Waals surface area (Å²) in [6, 6.07) is 9.94. The van der Waals surface area contributed by atoms with Gasteiger partial charge in [-0.1, -0.05) is 30.3 Å². The lowest BCUT2D eigenvalue weighted by molar-refractivity contribution is -0.150. The highest BCUT2D eigenvalue weighted by Gasteiger charge is 2.37. The molecule has 0 saturated carbocycles. The molecule has 16 heavy (non-hydrogen) atoms. The number of nitrogens with zero attached hydrogens (tertiary/aromatic N) is 1. The topological polar surface area (TPSA) is 40.5 Å². The standard InChI is InChI=1S/C12H15NO2.ClH/c1-9(10-5-3-2-4-6-10)13-8-7-11(13)12(14)15;/h2-6,9,11H,7-8H2,1H3,(H,14,15);1H. The zero-order chi connectivity index (χ0) is 10.8. The van der Waals surface area contributed by atoms with Gasteiger partial charge in [0.25, 0.3) is 0 Å². The maximum Gasteiger partial charge on any atom is 0.320 e. The average Bonchev–Trinajstić information content (AvgIpc) is 2.16. The first-order valence-corrected chi connectivity index (χ1v) is 5.23. The summed E-state index contributed by atoms with van der Waals surface area (Å²) < 4.78 is 0. The first-order chi connectivity index (χ1) is 7.20. The highest BCUT2D eigenvalue weighted by Crippen LogP contribution is 2.29. The summed E-state index contributed by atoms with van der Waals surface area (Å²) in [5.41, 5.74) is 1.18. The number of benzene rings is 1. The number of carboxylic acids is 1. The first-order valence-electron chi connectivity index (χ1n) is 5.23. The maximum atomic E-state index is 10.9. The molecule has 2 rings (SSSR count). The molecule has 88 valence electrons. The molecular formula is C12H16ClNO2. The van der Waals surface area contributed by atoms with Crippen molar-refractivity contribution in [2.24, 2.45) is 0 Å².